The number of aromatic nitrogens is 2. The molecule has 0 saturated heterocycles. The fraction of sp³-hybridized carbons (Fsp3) is 0.500. The van der Waals surface area contributed by atoms with Crippen molar-refractivity contribution in [2.45, 2.75) is 19.9 Å². The highest BCUT2D eigenvalue weighted by Gasteiger charge is 2.15. The van der Waals surface area contributed by atoms with Gasteiger partial charge in [0.05, 0.1) is 6.54 Å². The highest BCUT2D eigenvalue weighted by molar-refractivity contribution is 5.78. The quantitative estimate of drug-likeness (QED) is 0.744. The van der Waals surface area contributed by atoms with Crippen LogP contribution in [0.2, 0.25) is 0 Å². The van der Waals surface area contributed by atoms with Crippen LogP contribution in [0.4, 0.5) is 8.78 Å². The number of hydrogen-bond donors (Lipinski definition) is 1. The van der Waals surface area contributed by atoms with Crippen LogP contribution in [0.25, 0.3) is 0 Å². The topological polar surface area (TPSA) is 68.0 Å². The number of halogens is 2. The molecule has 1 amide bonds. The molecule has 0 fully saturated rings. The van der Waals surface area contributed by atoms with E-state index < -0.39 is 12.3 Å². The Morgan fingerprint density at radius 1 is 1.62 bits per heavy atom. The molecule has 1 rings (SSSR count). The van der Waals surface area contributed by atoms with Gasteiger partial charge in [-0.15, -0.1) is 0 Å². The molecule has 0 bridgehead atoms. The average Bonchev–Trinajstić information content (AvgIpc) is 2.47. The van der Waals surface area contributed by atoms with Crippen LogP contribution < -0.4 is 5.32 Å². The fourth-order valence-electron chi connectivity index (χ4n) is 0.658. The van der Waals surface area contributed by atoms with E-state index in [4.69, 9.17) is 0 Å². The first-order chi connectivity index (χ1) is 6.11. The first-order valence-electron chi connectivity index (χ1n) is 3.45. The Hall–Kier alpha value is -1.53. The van der Waals surface area contributed by atoms with Gasteiger partial charge >= 0.3 is 6.43 Å². The Bertz CT molecular complexity index is 300. The fourth-order valence-corrected chi connectivity index (χ4v) is 0.658. The Kier molecular flexibility index (Phi) is 2.88. The van der Waals surface area contributed by atoms with Gasteiger partial charge < -0.3 is 5.32 Å². The molecule has 0 aromatic carbocycles. The molecule has 1 aromatic rings. The van der Waals surface area contributed by atoms with Crippen molar-refractivity contribution in [1.82, 2.24) is 15.6 Å². The second-order valence-corrected chi connectivity index (χ2v) is 2.31. The lowest BCUT2D eigenvalue weighted by Gasteiger charge is -2.00. The molecule has 0 spiro atoms. The summed E-state index contributed by atoms with van der Waals surface area (Å²) in [5, 5.41) is 8.79. The summed E-state index contributed by atoms with van der Waals surface area (Å²) < 4.78 is 27.7. The van der Waals surface area contributed by atoms with Crippen LogP contribution in [0.5, 0.6) is 0 Å². The number of alkyl halides is 2. The predicted molar refractivity (Wildman–Crippen MR) is 36.9 cm³/mol. The summed E-state index contributed by atoms with van der Waals surface area (Å²) in [7, 11) is 0. The van der Waals surface area contributed by atoms with Gasteiger partial charge in [-0.25, -0.2) is 4.63 Å². The maximum atomic E-state index is 11.7. The van der Waals surface area contributed by atoms with Crippen molar-refractivity contribution in [3.63, 3.8) is 0 Å². The lowest BCUT2D eigenvalue weighted by atomic mass is 10.3. The van der Waals surface area contributed by atoms with Gasteiger partial charge in [0.15, 0.2) is 0 Å². The van der Waals surface area contributed by atoms with Gasteiger partial charge in [-0.2, -0.15) is 8.78 Å². The van der Waals surface area contributed by atoms with E-state index in [1.54, 1.807) is 6.92 Å². The average molecular weight is 191 g/mol. The zero-order valence-corrected chi connectivity index (χ0v) is 6.75. The maximum Gasteiger partial charge on any atom is 0.315 e. The van der Waals surface area contributed by atoms with Crippen LogP contribution in [0.3, 0.4) is 0 Å². The zero-order valence-electron chi connectivity index (χ0n) is 6.75. The molecular weight excluding hydrogens is 184 g/mol. The third kappa shape index (κ3) is 2.46. The molecule has 1 N–H and O–H groups in total. The largest absolute Gasteiger partial charge is 0.345 e. The number of nitrogens with zero attached hydrogens (tertiary/aromatic N) is 2. The number of nitrogens with one attached hydrogen (secondary N) is 1. The van der Waals surface area contributed by atoms with Crippen LogP contribution in [-0.4, -0.2) is 22.6 Å². The summed E-state index contributed by atoms with van der Waals surface area (Å²) in [6.45, 7) is 1.50. The molecule has 0 radical (unpaired) electrons. The summed E-state index contributed by atoms with van der Waals surface area (Å²) in [5.74, 6) is -1.33. The molecule has 13 heavy (non-hydrogen) atoms. The second kappa shape index (κ2) is 3.92. The second-order valence-electron chi connectivity index (χ2n) is 2.31. The standard InChI is InChI=1S/C6H7F2N3O2/c1-3-4(11-13-10-3)2-9-6(12)5(7)8/h5H,2H2,1H3,(H,9,12). The third-order valence-electron chi connectivity index (χ3n) is 1.37. The number of aryl methyl sites for hydroxylation is 1. The number of carbonyl (C=O) groups is 1. The van der Waals surface area contributed by atoms with Crippen molar-refractivity contribution in [2.75, 3.05) is 0 Å². The first kappa shape index (κ1) is 9.56. The van der Waals surface area contributed by atoms with E-state index >= 15 is 0 Å². The molecule has 0 aliphatic heterocycles. The highest BCUT2D eigenvalue weighted by Crippen LogP contribution is 2.00. The molecule has 0 aliphatic carbocycles. The maximum absolute atomic E-state index is 11.7. The van der Waals surface area contributed by atoms with E-state index in [9.17, 15) is 13.6 Å². The molecule has 72 valence electrons. The van der Waals surface area contributed by atoms with Gasteiger partial charge in [-0.05, 0) is 6.92 Å². The summed E-state index contributed by atoms with van der Waals surface area (Å²) in [4.78, 5) is 10.4. The normalized spacial score (nSPS) is 10.5. The summed E-state index contributed by atoms with van der Waals surface area (Å²) >= 11 is 0. The monoisotopic (exact) mass is 191 g/mol. The summed E-state index contributed by atoms with van der Waals surface area (Å²) in [6.07, 6.45) is -3.01. The van der Waals surface area contributed by atoms with E-state index in [0.717, 1.165) is 0 Å². The minimum atomic E-state index is -3.01. The SMILES string of the molecule is Cc1nonc1CNC(=O)C(F)F. The predicted octanol–water partition coefficient (Wildman–Crippen LogP) is 0.259. The van der Waals surface area contributed by atoms with Crippen LogP contribution in [-0.2, 0) is 11.3 Å². The Morgan fingerprint density at radius 3 is 2.77 bits per heavy atom. The van der Waals surface area contributed by atoms with Gasteiger partial charge in [0, 0.05) is 0 Å². The van der Waals surface area contributed by atoms with Crippen molar-refractivity contribution in [2.24, 2.45) is 0 Å². The van der Waals surface area contributed by atoms with E-state index in [1.807, 2.05) is 5.32 Å². The molecule has 0 unspecified atom stereocenters. The van der Waals surface area contributed by atoms with Crippen molar-refractivity contribution in [3.05, 3.63) is 11.4 Å². The molecule has 0 aliphatic rings. The van der Waals surface area contributed by atoms with E-state index in [1.165, 1.54) is 0 Å². The lowest BCUT2D eigenvalue weighted by Crippen LogP contribution is -2.29. The van der Waals surface area contributed by atoms with Gasteiger partial charge in [-0.3, -0.25) is 4.79 Å². The lowest BCUT2D eigenvalue weighted by molar-refractivity contribution is -0.131. The molecule has 0 saturated carbocycles. The third-order valence-corrected chi connectivity index (χ3v) is 1.37. The zero-order chi connectivity index (χ0) is 9.84. The number of amides is 1. The van der Waals surface area contributed by atoms with Crippen LogP contribution in [0.1, 0.15) is 11.4 Å². The van der Waals surface area contributed by atoms with Gasteiger partial charge in [0.1, 0.15) is 11.4 Å². The summed E-state index contributed by atoms with van der Waals surface area (Å²) in [6, 6.07) is 0. The number of carbonyl (C=O) groups excluding carboxylic acids is 1. The Labute approximate surface area is 72.1 Å². The van der Waals surface area contributed by atoms with E-state index in [0.29, 0.717) is 11.4 Å². The van der Waals surface area contributed by atoms with Gasteiger partial charge in [-0.1, -0.05) is 10.3 Å². The van der Waals surface area contributed by atoms with Crippen LogP contribution in [0.15, 0.2) is 4.63 Å². The van der Waals surface area contributed by atoms with Crippen molar-refractivity contribution < 1.29 is 18.2 Å². The van der Waals surface area contributed by atoms with Crippen LogP contribution >= 0.6 is 0 Å². The molecule has 7 heteroatoms. The molecule has 1 heterocycles. The molecule has 0 atom stereocenters. The van der Waals surface area contributed by atoms with Crippen molar-refractivity contribution in [3.8, 4) is 0 Å². The minimum absolute atomic E-state index is 0.0987. The van der Waals surface area contributed by atoms with Crippen molar-refractivity contribution >= 4 is 5.91 Å². The summed E-state index contributed by atoms with van der Waals surface area (Å²) in [5.41, 5.74) is 0.809. The van der Waals surface area contributed by atoms with E-state index in [-0.39, 0.29) is 6.54 Å². The van der Waals surface area contributed by atoms with Gasteiger partial charge in [0.25, 0.3) is 5.91 Å². The first-order valence-corrected chi connectivity index (χ1v) is 3.45. The van der Waals surface area contributed by atoms with E-state index in [2.05, 4.69) is 14.9 Å². The smallest absolute Gasteiger partial charge is 0.315 e. The van der Waals surface area contributed by atoms with Gasteiger partial charge in [0.2, 0.25) is 0 Å². The number of hydrogen-bond acceptors (Lipinski definition) is 4. The number of rotatable bonds is 3. The van der Waals surface area contributed by atoms with Crippen molar-refractivity contribution in [1.29, 1.82) is 0 Å². The molecule has 5 nitrogen and oxygen atoms in total. The van der Waals surface area contributed by atoms with Crippen LogP contribution in [0, 0.1) is 6.92 Å². The molecule has 1 aromatic heterocycles. The Morgan fingerprint density at radius 2 is 2.31 bits per heavy atom. The minimum Gasteiger partial charge on any atom is -0.345 e. The molecular formula is C6H7F2N3O2. The highest BCUT2D eigenvalue weighted by atomic mass is 19.3. The Balaban J connectivity index is 2.44.